The molecule has 3 nitrogen and oxygen atoms in total. The minimum atomic E-state index is -1.78. The standard InChI is InChI=1S/C25H34F2O3S2/c1-5-31-24(32-13-12-26)11-9-19-20-7-6-17-14-18(29)8-10-22(17,3)25(20,27)21(30-16(2)28)15-23(19,24)4/h8,10,14,19-21H,5-7,9,11-13,15H2,1-4H3/t19-,20-,21-,22-,23-,24-,25-/m0/s1. The van der Waals surface area contributed by atoms with Gasteiger partial charge >= 0.3 is 5.97 Å². The van der Waals surface area contributed by atoms with Gasteiger partial charge in [0.25, 0.3) is 0 Å². The fourth-order valence-corrected chi connectivity index (χ4v) is 10.9. The van der Waals surface area contributed by atoms with Gasteiger partial charge in [-0.25, -0.2) is 4.39 Å². The van der Waals surface area contributed by atoms with Crippen molar-refractivity contribution in [1.82, 2.24) is 0 Å². The Labute approximate surface area is 198 Å². The number of hydrogen-bond donors (Lipinski definition) is 0. The molecule has 0 bridgehead atoms. The van der Waals surface area contributed by atoms with Crippen molar-refractivity contribution in [3.63, 3.8) is 0 Å². The molecule has 7 atom stereocenters. The normalized spacial score (nSPS) is 45.0. The highest BCUT2D eigenvalue weighted by atomic mass is 32.2. The average Bonchev–Trinajstić information content (AvgIpc) is 3.00. The zero-order valence-corrected chi connectivity index (χ0v) is 21.1. The van der Waals surface area contributed by atoms with Crippen LogP contribution in [0.2, 0.25) is 0 Å². The maximum Gasteiger partial charge on any atom is 0.303 e. The van der Waals surface area contributed by atoms with Gasteiger partial charge in [-0.3, -0.25) is 14.0 Å². The van der Waals surface area contributed by atoms with Crippen molar-refractivity contribution < 1.29 is 23.1 Å². The number of ether oxygens (including phenoxy) is 1. The Bertz CT molecular complexity index is 860. The largest absolute Gasteiger partial charge is 0.459 e. The molecular weight excluding hydrogens is 450 g/mol. The molecule has 4 aliphatic carbocycles. The minimum Gasteiger partial charge on any atom is -0.459 e. The van der Waals surface area contributed by atoms with Crippen LogP contribution in [0, 0.1) is 22.7 Å². The highest BCUT2D eigenvalue weighted by Crippen LogP contribution is 2.74. The number of halogens is 2. The number of fused-ring (bicyclic) bond motifs is 5. The van der Waals surface area contributed by atoms with Gasteiger partial charge in [0.15, 0.2) is 11.5 Å². The molecular formula is C25H34F2O3S2. The number of allylic oxidation sites excluding steroid dienone is 4. The van der Waals surface area contributed by atoms with Crippen LogP contribution >= 0.6 is 23.5 Å². The SMILES string of the molecule is CCS[C@]1(SCCF)CC[C@H]2[C@@H]3CCC4=CC(=O)C=C[C@]4(C)[C@@]3(F)[C@@H](OC(C)=O)C[C@@]21C. The van der Waals surface area contributed by atoms with Crippen molar-refractivity contribution in [3.05, 3.63) is 23.8 Å². The second-order valence-corrected chi connectivity index (χ2v) is 13.3. The summed E-state index contributed by atoms with van der Waals surface area (Å²) in [6.07, 6.45) is 7.39. The third-order valence-corrected chi connectivity index (χ3v) is 12.4. The number of rotatable bonds is 6. The summed E-state index contributed by atoms with van der Waals surface area (Å²) in [5.41, 5.74) is -2.22. The molecule has 32 heavy (non-hydrogen) atoms. The second-order valence-electron chi connectivity index (χ2n) is 10.1. The second kappa shape index (κ2) is 8.44. The Morgan fingerprint density at radius 3 is 2.66 bits per heavy atom. The number of esters is 1. The Balaban J connectivity index is 1.83. The quantitative estimate of drug-likeness (QED) is 0.338. The summed E-state index contributed by atoms with van der Waals surface area (Å²) in [7, 11) is 0. The van der Waals surface area contributed by atoms with Gasteiger partial charge in [0.2, 0.25) is 0 Å². The molecule has 7 heteroatoms. The molecule has 178 valence electrons. The summed E-state index contributed by atoms with van der Waals surface area (Å²) in [5, 5.41) is 0. The van der Waals surface area contributed by atoms with Crippen molar-refractivity contribution >= 4 is 35.3 Å². The highest BCUT2D eigenvalue weighted by Gasteiger charge is 2.74. The topological polar surface area (TPSA) is 43.4 Å². The Kier molecular flexibility index (Phi) is 6.41. The minimum absolute atomic E-state index is 0.105. The molecule has 0 aromatic heterocycles. The van der Waals surface area contributed by atoms with E-state index in [4.69, 9.17) is 4.74 Å². The van der Waals surface area contributed by atoms with E-state index >= 15 is 4.39 Å². The van der Waals surface area contributed by atoms with Crippen LogP contribution in [0.25, 0.3) is 0 Å². The fraction of sp³-hybridized carbons (Fsp3) is 0.760. The van der Waals surface area contributed by atoms with Crippen LogP contribution in [0.5, 0.6) is 0 Å². The lowest BCUT2D eigenvalue weighted by molar-refractivity contribution is -0.209. The average molecular weight is 485 g/mol. The van der Waals surface area contributed by atoms with Crippen LogP contribution in [-0.2, 0) is 14.3 Å². The predicted molar refractivity (Wildman–Crippen MR) is 127 cm³/mol. The number of carbonyl (C=O) groups is 2. The first kappa shape index (κ1) is 24.3. The molecule has 0 amide bonds. The first-order chi connectivity index (χ1) is 15.1. The zero-order chi connectivity index (χ0) is 23.4. The van der Waals surface area contributed by atoms with E-state index in [0.717, 1.165) is 24.2 Å². The molecule has 4 rings (SSSR count). The first-order valence-corrected chi connectivity index (χ1v) is 13.7. The molecule has 3 fully saturated rings. The maximum absolute atomic E-state index is 17.6. The van der Waals surface area contributed by atoms with Gasteiger partial charge < -0.3 is 4.74 Å². The molecule has 0 heterocycles. The summed E-state index contributed by atoms with van der Waals surface area (Å²) in [6, 6.07) is 0. The van der Waals surface area contributed by atoms with Crippen LogP contribution in [0.4, 0.5) is 8.78 Å². The summed E-state index contributed by atoms with van der Waals surface area (Å²) < 4.78 is 36.5. The number of hydrogen-bond acceptors (Lipinski definition) is 5. The molecule has 0 saturated heterocycles. The summed E-state index contributed by atoms with van der Waals surface area (Å²) in [6.45, 7) is 7.17. The number of alkyl halides is 2. The van der Waals surface area contributed by atoms with Crippen LogP contribution in [0.3, 0.4) is 0 Å². The van der Waals surface area contributed by atoms with Crippen LogP contribution in [0.15, 0.2) is 23.8 Å². The van der Waals surface area contributed by atoms with Gasteiger partial charge in [0.1, 0.15) is 6.10 Å². The Hall–Kier alpha value is -0.820. The highest BCUT2D eigenvalue weighted by molar-refractivity contribution is 8.18. The lowest BCUT2D eigenvalue weighted by Gasteiger charge is -2.63. The van der Waals surface area contributed by atoms with E-state index in [1.165, 1.54) is 13.0 Å². The molecule has 0 unspecified atom stereocenters. The number of carbonyl (C=O) groups excluding carboxylic acids is 2. The third-order valence-electron chi connectivity index (χ3n) is 8.76. The molecule has 0 radical (unpaired) electrons. The lowest BCUT2D eigenvalue weighted by Crippen LogP contribution is -2.68. The number of thioether (sulfide) groups is 2. The zero-order valence-electron chi connectivity index (χ0n) is 19.4. The van der Waals surface area contributed by atoms with Crippen molar-refractivity contribution in [2.45, 2.75) is 75.7 Å². The van der Waals surface area contributed by atoms with E-state index < -0.39 is 23.2 Å². The van der Waals surface area contributed by atoms with Gasteiger partial charge in [0.05, 0.1) is 10.8 Å². The van der Waals surface area contributed by atoms with Crippen LogP contribution < -0.4 is 0 Å². The third kappa shape index (κ3) is 3.27. The maximum atomic E-state index is 17.6. The fourth-order valence-electron chi connectivity index (χ4n) is 7.40. The summed E-state index contributed by atoms with van der Waals surface area (Å²) in [5.74, 6) is 0.582. The molecule has 3 saturated carbocycles. The van der Waals surface area contributed by atoms with Crippen molar-refractivity contribution in [2.24, 2.45) is 22.7 Å². The first-order valence-electron chi connectivity index (χ1n) is 11.7. The van der Waals surface area contributed by atoms with E-state index in [2.05, 4.69) is 13.8 Å². The summed E-state index contributed by atoms with van der Waals surface area (Å²) >= 11 is 3.53. The molecule has 4 aliphatic rings. The molecule has 0 aromatic rings. The van der Waals surface area contributed by atoms with Crippen molar-refractivity contribution in [3.8, 4) is 0 Å². The predicted octanol–water partition coefficient (Wildman–Crippen LogP) is 6.08. The van der Waals surface area contributed by atoms with E-state index in [0.29, 0.717) is 25.0 Å². The Morgan fingerprint density at radius 1 is 1.25 bits per heavy atom. The summed E-state index contributed by atoms with van der Waals surface area (Å²) in [4.78, 5) is 24.2. The monoisotopic (exact) mass is 484 g/mol. The van der Waals surface area contributed by atoms with E-state index in [9.17, 15) is 14.0 Å². The molecule has 0 N–H and O–H groups in total. The molecule has 0 aromatic carbocycles. The molecule has 0 spiro atoms. The van der Waals surface area contributed by atoms with E-state index in [1.54, 1.807) is 23.9 Å². The van der Waals surface area contributed by atoms with E-state index in [1.807, 2.05) is 18.7 Å². The molecule has 0 aliphatic heterocycles. The smallest absolute Gasteiger partial charge is 0.303 e. The van der Waals surface area contributed by atoms with Gasteiger partial charge in [-0.15, -0.1) is 23.5 Å². The number of ketones is 1. The van der Waals surface area contributed by atoms with Gasteiger partial charge in [-0.1, -0.05) is 25.5 Å². The lowest BCUT2D eigenvalue weighted by atomic mass is 9.46. The van der Waals surface area contributed by atoms with Crippen LogP contribution in [-0.4, -0.2) is 45.8 Å². The van der Waals surface area contributed by atoms with Gasteiger partial charge in [-0.2, -0.15) is 0 Å². The van der Waals surface area contributed by atoms with Crippen molar-refractivity contribution in [2.75, 3.05) is 18.2 Å². The van der Waals surface area contributed by atoms with Crippen LogP contribution in [0.1, 0.15) is 59.8 Å². The van der Waals surface area contributed by atoms with Gasteiger partial charge in [-0.05, 0) is 68.3 Å². The van der Waals surface area contributed by atoms with E-state index in [-0.39, 0.29) is 33.8 Å². The Morgan fingerprint density at radius 2 is 2.00 bits per heavy atom. The van der Waals surface area contributed by atoms with Gasteiger partial charge in [0, 0.05) is 24.0 Å². The van der Waals surface area contributed by atoms with Crippen molar-refractivity contribution in [1.29, 1.82) is 0 Å².